The number of hydrogen-bond donors (Lipinski definition) is 0. The van der Waals surface area contributed by atoms with E-state index in [0.717, 1.165) is 24.2 Å². The molecule has 2 nitrogen and oxygen atoms in total. The SMILES string of the molecule is Br.O=C(CBr)c1ccc(CN2CC[C@@H](F)C2)cc1. The van der Waals surface area contributed by atoms with Crippen molar-refractivity contribution >= 4 is 38.7 Å². The average molecular weight is 381 g/mol. The zero-order valence-electron chi connectivity index (χ0n) is 9.94. The minimum atomic E-state index is -0.677. The first kappa shape index (κ1) is 15.8. The van der Waals surface area contributed by atoms with Crippen molar-refractivity contribution in [1.82, 2.24) is 4.90 Å². The second-order valence-electron chi connectivity index (χ2n) is 4.37. The number of halogens is 3. The van der Waals surface area contributed by atoms with Crippen LogP contribution in [-0.2, 0) is 6.54 Å². The molecule has 1 aliphatic rings. The van der Waals surface area contributed by atoms with Gasteiger partial charge < -0.3 is 0 Å². The summed E-state index contributed by atoms with van der Waals surface area (Å²) in [6.07, 6.45) is -0.0376. The molecule has 1 aromatic rings. The van der Waals surface area contributed by atoms with Gasteiger partial charge in [-0.3, -0.25) is 9.69 Å². The van der Waals surface area contributed by atoms with Crippen LogP contribution in [0.3, 0.4) is 0 Å². The minimum Gasteiger partial charge on any atom is -0.296 e. The van der Waals surface area contributed by atoms with E-state index in [1.165, 1.54) is 0 Å². The largest absolute Gasteiger partial charge is 0.296 e. The lowest BCUT2D eigenvalue weighted by Crippen LogP contribution is -2.20. The molecule has 0 aliphatic carbocycles. The summed E-state index contributed by atoms with van der Waals surface area (Å²) in [6.45, 7) is 2.12. The Balaban J connectivity index is 0.00000162. The normalized spacial score (nSPS) is 19.6. The topological polar surface area (TPSA) is 20.3 Å². The lowest BCUT2D eigenvalue weighted by Gasteiger charge is -2.14. The average Bonchev–Trinajstić information content (AvgIpc) is 2.75. The van der Waals surface area contributed by atoms with Gasteiger partial charge >= 0.3 is 0 Å². The Kier molecular flexibility index (Phi) is 6.46. The van der Waals surface area contributed by atoms with E-state index in [-0.39, 0.29) is 22.8 Å². The van der Waals surface area contributed by atoms with E-state index in [0.29, 0.717) is 18.3 Å². The van der Waals surface area contributed by atoms with Gasteiger partial charge in [0, 0.05) is 25.2 Å². The van der Waals surface area contributed by atoms with Crippen LogP contribution in [-0.4, -0.2) is 35.3 Å². The van der Waals surface area contributed by atoms with E-state index in [9.17, 15) is 9.18 Å². The molecule has 2 rings (SSSR count). The van der Waals surface area contributed by atoms with Crippen LogP contribution in [0.5, 0.6) is 0 Å². The molecule has 1 atom stereocenters. The van der Waals surface area contributed by atoms with Crippen LogP contribution in [0.4, 0.5) is 4.39 Å². The van der Waals surface area contributed by atoms with Gasteiger partial charge in [-0.2, -0.15) is 0 Å². The first-order valence-electron chi connectivity index (χ1n) is 5.73. The number of carbonyl (C=O) groups is 1. The fraction of sp³-hybridized carbons (Fsp3) is 0.462. The zero-order chi connectivity index (χ0) is 12.3. The Labute approximate surface area is 125 Å². The molecule has 1 heterocycles. The summed E-state index contributed by atoms with van der Waals surface area (Å²) in [5.41, 5.74) is 1.85. The number of rotatable bonds is 4. The number of hydrogen-bond acceptors (Lipinski definition) is 2. The summed E-state index contributed by atoms with van der Waals surface area (Å²) in [7, 11) is 0. The molecule has 0 aromatic heterocycles. The van der Waals surface area contributed by atoms with E-state index >= 15 is 0 Å². The molecule has 0 saturated carbocycles. The molecule has 0 N–H and O–H groups in total. The highest BCUT2D eigenvalue weighted by molar-refractivity contribution is 9.09. The van der Waals surface area contributed by atoms with Gasteiger partial charge in [0.05, 0.1) is 5.33 Å². The fourth-order valence-electron chi connectivity index (χ4n) is 2.06. The summed E-state index contributed by atoms with van der Waals surface area (Å²) < 4.78 is 13.0. The predicted octanol–water partition coefficient (Wildman–Crippen LogP) is 3.39. The van der Waals surface area contributed by atoms with Gasteiger partial charge in [0.2, 0.25) is 0 Å². The summed E-state index contributed by atoms with van der Waals surface area (Å²) in [5.74, 6) is 0.0848. The number of carbonyl (C=O) groups excluding carboxylic acids is 1. The van der Waals surface area contributed by atoms with Crippen LogP contribution in [0.2, 0.25) is 0 Å². The number of ketones is 1. The quantitative estimate of drug-likeness (QED) is 0.589. The molecule has 5 heteroatoms. The molecule has 1 saturated heterocycles. The first-order valence-corrected chi connectivity index (χ1v) is 6.85. The van der Waals surface area contributed by atoms with E-state index in [1.807, 2.05) is 24.3 Å². The molecule has 1 aromatic carbocycles. The highest BCUT2D eigenvalue weighted by atomic mass is 79.9. The molecule has 18 heavy (non-hydrogen) atoms. The van der Waals surface area contributed by atoms with Gasteiger partial charge in [-0.15, -0.1) is 17.0 Å². The second kappa shape index (κ2) is 7.36. The third-order valence-electron chi connectivity index (χ3n) is 3.02. The van der Waals surface area contributed by atoms with E-state index in [1.54, 1.807) is 0 Å². The van der Waals surface area contributed by atoms with Gasteiger partial charge in [-0.25, -0.2) is 4.39 Å². The first-order chi connectivity index (χ1) is 8.19. The summed E-state index contributed by atoms with van der Waals surface area (Å²) in [6, 6.07) is 7.56. The van der Waals surface area contributed by atoms with E-state index in [4.69, 9.17) is 0 Å². The van der Waals surface area contributed by atoms with Crippen molar-refractivity contribution < 1.29 is 9.18 Å². The molecule has 1 aliphatic heterocycles. The van der Waals surface area contributed by atoms with Crippen molar-refractivity contribution in [3.05, 3.63) is 35.4 Å². The number of nitrogens with zero attached hydrogens (tertiary/aromatic N) is 1. The summed E-state index contributed by atoms with van der Waals surface area (Å²) >= 11 is 3.15. The van der Waals surface area contributed by atoms with Crippen LogP contribution in [0, 0.1) is 0 Å². The molecule has 100 valence electrons. The Hall–Kier alpha value is -0.260. The van der Waals surface area contributed by atoms with Gasteiger partial charge in [-0.1, -0.05) is 40.2 Å². The van der Waals surface area contributed by atoms with E-state index in [2.05, 4.69) is 20.8 Å². The molecule has 0 unspecified atom stereocenters. The predicted molar refractivity (Wildman–Crippen MR) is 79.7 cm³/mol. The molecular weight excluding hydrogens is 365 g/mol. The number of alkyl halides is 2. The van der Waals surface area contributed by atoms with Crippen LogP contribution < -0.4 is 0 Å². The lowest BCUT2D eigenvalue weighted by molar-refractivity contribution is 0.102. The lowest BCUT2D eigenvalue weighted by atomic mass is 10.1. The molecule has 0 amide bonds. The standard InChI is InChI=1S/C13H15BrFNO.BrH/c14-7-13(17)11-3-1-10(2-4-11)8-16-6-5-12(15)9-16;/h1-4,12H,5-9H2;1H/t12-;/m1./s1. The smallest absolute Gasteiger partial charge is 0.173 e. The van der Waals surface area contributed by atoms with Gasteiger partial charge in [0.25, 0.3) is 0 Å². The van der Waals surface area contributed by atoms with Crippen LogP contribution in [0.15, 0.2) is 24.3 Å². The van der Waals surface area contributed by atoms with Crippen LogP contribution in [0.1, 0.15) is 22.3 Å². The van der Waals surface area contributed by atoms with Crippen LogP contribution >= 0.6 is 32.9 Å². The maximum absolute atomic E-state index is 13.0. The highest BCUT2D eigenvalue weighted by Gasteiger charge is 2.21. The van der Waals surface area contributed by atoms with Crippen molar-refractivity contribution in [2.24, 2.45) is 0 Å². The Morgan fingerprint density at radius 2 is 2.06 bits per heavy atom. The summed E-state index contributed by atoms with van der Waals surface area (Å²) in [5, 5.41) is 0.349. The van der Waals surface area contributed by atoms with Crippen LogP contribution in [0.25, 0.3) is 0 Å². The fourth-order valence-corrected chi connectivity index (χ4v) is 2.38. The minimum absolute atomic E-state index is 0. The van der Waals surface area contributed by atoms with Crippen molar-refractivity contribution in [3.8, 4) is 0 Å². The molecule has 0 spiro atoms. The molecular formula is C13H16Br2FNO. The Morgan fingerprint density at radius 1 is 1.39 bits per heavy atom. The number of likely N-dealkylation sites (tertiary alicyclic amines) is 1. The number of benzene rings is 1. The highest BCUT2D eigenvalue weighted by Crippen LogP contribution is 2.16. The maximum atomic E-state index is 13.0. The molecule has 0 bridgehead atoms. The Morgan fingerprint density at radius 3 is 2.56 bits per heavy atom. The van der Waals surface area contributed by atoms with E-state index < -0.39 is 6.17 Å². The van der Waals surface area contributed by atoms with Crippen molar-refractivity contribution in [2.75, 3.05) is 18.4 Å². The maximum Gasteiger partial charge on any atom is 0.173 e. The monoisotopic (exact) mass is 379 g/mol. The van der Waals surface area contributed by atoms with Gasteiger partial charge in [0.15, 0.2) is 5.78 Å². The van der Waals surface area contributed by atoms with Gasteiger partial charge in [-0.05, 0) is 12.0 Å². The van der Waals surface area contributed by atoms with Crippen molar-refractivity contribution in [1.29, 1.82) is 0 Å². The van der Waals surface area contributed by atoms with Gasteiger partial charge in [0.1, 0.15) is 6.17 Å². The molecule has 0 radical (unpaired) electrons. The van der Waals surface area contributed by atoms with Crippen molar-refractivity contribution in [3.63, 3.8) is 0 Å². The Bertz CT molecular complexity index is 396. The number of Topliss-reactive ketones (excluding diaryl/α,β-unsaturated/α-hetero) is 1. The summed E-state index contributed by atoms with van der Waals surface area (Å²) in [4.78, 5) is 13.5. The molecule has 1 fully saturated rings. The van der Waals surface area contributed by atoms with Crippen molar-refractivity contribution in [2.45, 2.75) is 19.1 Å². The second-order valence-corrected chi connectivity index (χ2v) is 4.94. The third-order valence-corrected chi connectivity index (χ3v) is 3.53. The zero-order valence-corrected chi connectivity index (χ0v) is 13.2. The third kappa shape index (κ3) is 4.14.